The molecule has 1 amide bonds. The van der Waals surface area contributed by atoms with Gasteiger partial charge in [0.15, 0.2) is 0 Å². The maximum Gasteiger partial charge on any atom is 0.295 e. The molecule has 1 saturated heterocycles. The van der Waals surface area contributed by atoms with Crippen LogP contribution in [0.4, 0.5) is 0 Å². The number of nitrogens with zero attached hydrogens (tertiary/aromatic N) is 2. The average molecular weight is 430 g/mol. The molecule has 0 spiro atoms. The summed E-state index contributed by atoms with van der Waals surface area (Å²) in [7, 11) is 0. The second kappa shape index (κ2) is 9.22. The number of aromatic nitrogens is 2. The first-order chi connectivity index (χ1) is 15.5. The average Bonchev–Trinajstić information content (AvgIpc) is 3.41. The van der Waals surface area contributed by atoms with Crippen LogP contribution in [-0.4, -0.2) is 28.1 Å². The summed E-state index contributed by atoms with van der Waals surface area (Å²) in [5, 5.41) is 13.3. The van der Waals surface area contributed by atoms with Gasteiger partial charge >= 0.3 is 0 Å². The summed E-state index contributed by atoms with van der Waals surface area (Å²) in [5.41, 5.74) is 2.39. The maximum absolute atomic E-state index is 13.3. The number of imidazole rings is 1. The second-order valence-electron chi connectivity index (χ2n) is 8.36. The van der Waals surface area contributed by atoms with Crippen LogP contribution in [0.3, 0.4) is 0 Å². The lowest BCUT2D eigenvalue weighted by molar-refractivity contribution is -0.695. The highest BCUT2D eigenvalue weighted by atomic mass is 16.3. The lowest BCUT2D eigenvalue weighted by Gasteiger charge is -2.27. The number of hydrogen-bond acceptors (Lipinski definition) is 3. The smallest absolute Gasteiger partial charge is 0.295 e. The molecule has 4 rings (SSSR count). The Hall–Kier alpha value is -3.67. The number of rotatable bonds is 7. The van der Waals surface area contributed by atoms with Gasteiger partial charge in [-0.05, 0) is 22.6 Å². The van der Waals surface area contributed by atoms with Gasteiger partial charge < -0.3 is 10.0 Å². The standard InChI is InChI=1S/C26H27N3O3/c1-18(2)19-9-11-20(12-10-19)23-22(24(30)21-7-4-3-5-8-21)25(31)26(32)29(23)15-6-14-28-16-13-27-17-28/h3-5,7-13,16-18,23H,6,14-15H2,1-2H3,(H,30,31). The zero-order valence-electron chi connectivity index (χ0n) is 18.3. The number of benzene rings is 2. The first kappa shape index (κ1) is 21.6. The quantitative estimate of drug-likeness (QED) is 0.271. The van der Waals surface area contributed by atoms with E-state index in [0.29, 0.717) is 31.0 Å². The molecule has 0 aliphatic carbocycles. The molecular formula is C26H27N3O3. The third-order valence-corrected chi connectivity index (χ3v) is 5.90. The van der Waals surface area contributed by atoms with E-state index in [4.69, 9.17) is 0 Å². The molecule has 1 aromatic heterocycles. The van der Waals surface area contributed by atoms with Gasteiger partial charge in [0.2, 0.25) is 12.1 Å². The Morgan fingerprint density at radius 3 is 2.44 bits per heavy atom. The first-order valence-electron chi connectivity index (χ1n) is 10.9. The molecule has 2 heterocycles. The number of aromatic amines is 1. The number of carbonyl (C=O) groups is 2. The van der Waals surface area contributed by atoms with Crippen molar-refractivity contribution in [1.82, 2.24) is 9.88 Å². The Balaban J connectivity index is 1.72. The maximum atomic E-state index is 13.3. The summed E-state index contributed by atoms with van der Waals surface area (Å²) in [6.07, 6.45) is 6.24. The molecule has 1 N–H and O–H groups in total. The molecular weight excluding hydrogens is 402 g/mol. The Bertz CT molecular complexity index is 1120. The number of Topliss-reactive ketones (excluding diaryl/α,β-unsaturated/α-hetero) is 1. The zero-order chi connectivity index (χ0) is 22.7. The van der Waals surface area contributed by atoms with Crippen LogP contribution in [0.25, 0.3) is 5.76 Å². The fourth-order valence-corrected chi connectivity index (χ4v) is 4.14. The minimum absolute atomic E-state index is 0.0350. The molecule has 6 nitrogen and oxygen atoms in total. The molecule has 2 aromatic carbocycles. The Kier molecular flexibility index (Phi) is 6.21. The Morgan fingerprint density at radius 1 is 1.09 bits per heavy atom. The van der Waals surface area contributed by atoms with Crippen LogP contribution in [0.15, 0.2) is 78.9 Å². The fraction of sp³-hybridized carbons (Fsp3) is 0.269. The van der Waals surface area contributed by atoms with Crippen molar-refractivity contribution in [2.75, 3.05) is 6.54 Å². The van der Waals surface area contributed by atoms with Crippen LogP contribution in [0.1, 0.15) is 48.9 Å². The van der Waals surface area contributed by atoms with Gasteiger partial charge in [-0.3, -0.25) is 14.6 Å². The van der Waals surface area contributed by atoms with Crippen molar-refractivity contribution in [3.05, 3.63) is 95.6 Å². The van der Waals surface area contributed by atoms with E-state index in [1.54, 1.807) is 29.2 Å². The van der Waals surface area contributed by atoms with Gasteiger partial charge in [0.05, 0.1) is 12.6 Å². The molecule has 1 unspecified atom stereocenters. The van der Waals surface area contributed by atoms with Gasteiger partial charge in [0.1, 0.15) is 12.4 Å². The number of aryl methyl sites for hydroxylation is 1. The summed E-state index contributed by atoms with van der Waals surface area (Å²) in [5.74, 6) is -1.34. The minimum atomic E-state index is -0.703. The van der Waals surface area contributed by atoms with Gasteiger partial charge in [-0.2, -0.15) is 0 Å². The van der Waals surface area contributed by atoms with Gasteiger partial charge in [-0.15, -0.1) is 0 Å². The van der Waals surface area contributed by atoms with Crippen molar-refractivity contribution in [3.63, 3.8) is 0 Å². The van der Waals surface area contributed by atoms with E-state index in [1.807, 2.05) is 53.6 Å². The number of amides is 1. The molecule has 0 saturated carbocycles. The summed E-state index contributed by atoms with van der Waals surface area (Å²) in [6, 6.07) is 15.9. The van der Waals surface area contributed by atoms with Crippen LogP contribution in [0, 0.1) is 0 Å². The van der Waals surface area contributed by atoms with Crippen molar-refractivity contribution in [1.29, 1.82) is 0 Å². The van der Waals surface area contributed by atoms with Crippen molar-refractivity contribution >= 4 is 17.4 Å². The highest BCUT2D eigenvalue weighted by Gasteiger charge is 2.43. The third-order valence-electron chi connectivity index (χ3n) is 5.90. The predicted molar refractivity (Wildman–Crippen MR) is 119 cm³/mol. The molecule has 0 bridgehead atoms. The van der Waals surface area contributed by atoms with Crippen LogP contribution >= 0.6 is 0 Å². The number of carbonyl (C=O) groups excluding carboxylic acids is 2. The van der Waals surface area contributed by atoms with E-state index in [9.17, 15) is 14.7 Å². The number of hydrogen-bond donors (Lipinski definition) is 1. The number of nitrogens with one attached hydrogen (secondary N) is 1. The number of ketones is 1. The number of H-pyrrole nitrogens is 1. The van der Waals surface area contributed by atoms with Crippen molar-refractivity contribution < 1.29 is 19.3 Å². The number of likely N-dealkylation sites (tertiary alicyclic amines) is 1. The van der Waals surface area contributed by atoms with Crippen LogP contribution in [0.5, 0.6) is 0 Å². The summed E-state index contributed by atoms with van der Waals surface area (Å²) in [4.78, 5) is 30.6. The molecule has 32 heavy (non-hydrogen) atoms. The van der Waals surface area contributed by atoms with Crippen molar-refractivity contribution in [2.45, 2.75) is 38.8 Å². The highest BCUT2D eigenvalue weighted by Crippen LogP contribution is 2.39. The van der Waals surface area contributed by atoms with E-state index in [-0.39, 0.29) is 11.3 Å². The van der Waals surface area contributed by atoms with Gasteiger partial charge in [0, 0.05) is 18.5 Å². The Labute approximate surface area is 187 Å². The van der Waals surface area contributed by atoms with Crippen molar-refractivity contribution in [3.8, 4) is 0 Å². The van der Waals surface area contributed by atoms with E-state index in [2.05, 4.69) is 18.8 Å². The monoisotopic (exact) mass is 429 g/mol. The molecule has 1 aliphatic rings. The SMILES string of the molecule is CC(C)c1ccc(C2/C(=C(\[O-])c3ccccc3)C(=O)C(=O)N2CCC[n+]2cc[nH]c2)cc1. The molecule has 0 radical (unpaired) electrons. The first-order valence-corrected chi connectivity index (χ1v) is 10.9. The van der Waals surface area contributed by atoms with E-state index < -0.39 is 17.7 Å². The summed E-state index contributed by atoms with van der Waals surface area (Å²) >= 11 is 0. The lowest BCUT2D eigenvalue weighted by atomic mass is 9.93. The van der Waals surface area contributed by atoms with E-state index >= 15 is 0 Å². The zero-order valence-corrected chi connectivity index (χ0v) is 18.3. The fourth-order valence-electron chi connectivity index (χ4n) is 4.14. The molecule has 1 aliphatic heterocycles. The van der Waals surface area contributed by atoms with Crippen LogP contribution in [-0.2, 0) is 16.1 Å². The normalized spacial score (nSPS) is 18.0. The molecule has 6 heteroatoms. The topological polar surface area (TPSA) is 80.1 Å². The van der Waals surface area contributed by atoms with Gasteiger partial charge in [0.25, 0.3) is 5.91 Å². The van der Waals surface area contributed by atoms with Crippen molar-refractivity contribution in [2.24, 2.45) is 0 Å². The van der Waals surface area contributed by atoms with E-state index in [1.165, 1.54) is 0 Å². The summed E-state index contributed by atoms with van der Waals surface area (Å²) < 4.78 is 1.98. The third kappa shape index (κ3) is 4.21. The Morgan fingerprint density at radius 2 is 1.81 bits per heavy atom. The summed E-state index contributed by atoms with van der Waals surface area (Å²) in [6.45, 7) is 5.30. The molecule has 164 valence electrons. The van der Waals surface area contributed by atoms with Crippen LogP contribution in [0.2, 0.25) is 0 Å². The molecule has 1 fully saturated rings. The highest BCUT2D eigenvalue weighted by molar-refractivity contribution is 6.46. The lowest BCUT2D eigenvalue weighted by Crippen LogP contribution is -2.36. The minimum Gasteiger partial charge on any atom is -0.872 e. The largest absolute Gasteiger partial charge is 0.872 e. The van der Waals surface area contributed by atoms with Gasteiger partial charge in [-0.1, -0.05) is 74.2 Å². The van der Waals surface area contributed by atoms with E-state index in [0.717, 1.165) is 11.1 Å². The second-order valence-corrected chi connectivity index (χ2v) is 8.36. The predicted octanol–water partition coefficient (Wildman–Crippen LogP) is 2.74. The molecule has 3 aromatic rings. The van der Waals surface area contributed by atoms with Gasteiger partial charge in [-0.25, -0.2) is 4.57 Å². The molecule has 1 atom stereocenters. The van der Waals surface area contributed by atoms with Crippen LogP contribution < -0.4 is 9.67 Å².